The van der Waals surface area contributed by atoms with Gasteiger partial charge in [-0.1, -0.05) is 40.2 Å². The van der Waals surface area contributed by atoms with Gasteiger partial charge in [0.2, 0.25) is 5.03 Å². The highest BCUT2D eigenvalue weighted by Gasteiger charge is 2.21. The highest BCUT2D eigenvalue weighted by molar-refractivity contribution is 9.10. The van der Waals surface area contributed by atoms with Gasteiger partial charge in [0.25, 0.3) is 0 Å². The first-order chi connectivity index (χ1) is 11.8. The van der Waals surface area contributed by atoms with Crippen LogP contribution in [-0.2, 0) is 10.1 Å². The third-order valence-electron chi connectivity index (χ3n) is 3.28. The van der Waals surface area contributed by atoms with Crippen LogP contribution in [0.5, 0.6) is 5.75 Å². The van der Waals surface area contributed by atoms with Gasteiger partial charge >= 0.3 is 10.1 Å². The molecule has 128 valence electrons. The van der Waals surface area contributed by atoms with Crippen molar-refractivity contribution in [2.75, 3.05) is 0 Å². The summed E-state index contributed by atoms with van der Waals surface area (Å²) in [6, 6.07) is 13.4. The minimum absolute atomic E-state index is 0.0749. The summed E-state index contributed by atoms with van der Waals surface area (Å²) < 4.78 is 30.9. The topological polar surface area (TPSA) is 73.3 Å². The number of aromatic nitrogens is 1. The van der Waals surface area contributed by atoms with E-state index >= 15 is 0 Å². The molecular formula is C17H12BrNO4S2. The van der Waals surface area contributed by atoms with E-state index in [4.69, 9.17) is 4.18 Å². The number of carbonyl (C=O) groups excluding carboxylic acids is 1. The molecule has 0 amide bonds. The van der Waals surface area contributed by atoms with Crippen LogP contribution in [0.15, 0.2) is 63.4 Å². The molecule has 25 heavy (non-hydrogen) atoms. The quantitative estimate of drug-likeness (QED) is 0.432. The Morgan fingerprint density at radius 1 is 1.16 bits per heavy atom. The number of ketones is 1. The van der Waals surface area contributed by atoms with Crippen molar-refractivity contribution in [2.24, 2.45) is 0 Å². The second-order valence-electron chi connectivity index (χ2n) is 5.12. The molecule has 0 unspecified atom stereocenters. The van der Waals surface area contributed by atoms with E-state index in [9.17, 15) is 13.2 Å². The standard InChI is InChI=1S/C17H12BrNO4S2/c1-11(20)13-3-2-4-15(9-13)23-25(21,22)16-10-24-17(19-16)12-5-7-14(18)8-6-12/h2-10H,1H3. The van der Waals surface area contributed by atoms with Gasteiger partial charge in [0.05, 0.1) is 0 Å². The SMILES string of the molecule is CC(=O)c1cccc(OS(=O)(=O)c2csc(-c3ccc(Br)cc3)n2)c1. The second kappa shape index (κ2) is 7.07. The summed E-state index contributed by atoms with van der Waals surface area (Å²) in [4.78, 5) is 15.6. The Kier molecular flexibility index (Phi) is 5.03. The van der Waals surface area contributed by atoms with Crippen LogP contribution in [0.1, 0.15) is 17.3 Å². The van der Waals surface area contributed by atoms with E-state index in [0.29, 0.717) is 10.6 Å². The van der Waals surface area contributed by atoms with Crippen LogP contribution >= 0.6 is 27.3 Å². The molecular weight excluding hydrogens is 426 g/mol. The van der Waals surface area contributed by atoms with Crippen molar-refractivity contribution in [2.45, 2.75) is 11.9 Å². The molecule has 1 heterocycles. The van der Waals surface area contributed by atoms with E-state index in [-0.39, 0.29) is 16.6 Å². The zero-order valence-corrected chi connectivity index (χ0v) is 16.2. The lowest BCUT2D eigenvalue weighted by molar-refractivity contribution is 0.101. The summed E-state index contributed by atoms with van der Waals surface area (Å²) in [6.07, 6.45) is 0. The highest BCUT2D eigenvalue weighted by atomic mass is 79.9. The summed E-state index contributed by atoms with van der Waals surface area (Å²) in [7, 11) is -4.07. The number of halogens is 1. The maximum atomic E-state index is 12.4. The molecule has 3 rings (SSSR count). The number of carbonyl (C=O) groups is 1. The molecule has 0 aliphatic heterocycles. The summed E-state index contributed by atoms with van der Waals surface area (Å²) in [5, 5.41) is 1.84. The Balaban J connectivity index is 1.87. The van der Waals surface area contributed by atoms with E-state index in [2.05, 4.69) is 20.9 Å². The first kappa shape index (κ1) is 17.8. The zero-order chi connectivity index (χ0) is 18.0. The van der Waals surface area contributed by atoms with Gasteiger partial charge in [-0.15, -0.1) is 11.3 Å². The molecule has 0 aliphatic rings. The predicted octanol–water partition coefficient (Wildman–Crippen LogP) is 4.54. The third kappa shape index (κ3) is 4.15. The molecule has 0 bridgehead atoms. The highest BCUT2D eigenvalue weighted by Crippen LogP contribution is 2.28. The van der Waals surface area contributed by atoms with Crippen molar-refractivity contribution in [3.8, 4) is 16.3 Å². The van der Waals surface area contributed by atoms with E-state index in [1.54, 1.807) is 12.1 Å². The minimum Gasteiger partial charge on any atom is -0.378 e. The van der Waals surface area contributed by atoms with Gasteiger partial charge in [-0.05, 0) is 31.2 Å². The van der Waals surface area contributed by atoms with Crippen LogP contribution in [0.25, 0.3) is 10.6 Å². The fraction of sp³-hybridized carbons (Fsp3) is 0.0588. The van der Waals surface area contributed by atoms with Crippen molar-refractivity contribution in [3.05, 3.63) is 63.9 Å². The minimum atomic E-state index is -4.07. The van der Waals surface area contributed by atoms with Crippen LogP contribution in [0, 0.1) is 0 Å². The van der Waals surface area contributed by atoms with Crippen molar-refractivity contribution < 1.29 is 17.4 Å². The first-order valence-corrected chi connectivity index (χ1v) is 10.2. The molecule has 0 saturated carbocycles. The predicted molar refractivity (Wildman–Crippen MR) is 99.5 cm³/mol. The monoisotopic (exact) mass is 437 g/mol. The lowest BCUT2D eigenvalue weighted by atomic mass is 10.1. The van der Waals surface area contributed by atoms with Crippen LogP contribution in [0.4, 0.5) is 0 Å². The molecule has 0 aliphatic carbocycles. The molecule has 8 heteroatoms. The van der Waals surface area contributed by atoms with Gasteiger partial charge in [-0.2, -0.15) is 8.42 Å². The number of Topliss-reactive ketones (excluding diaryl/α,β-unsaturated/α-hetero) is 1. The smallest absolute Gasteiger partial charge is 0.357 e. The van der Waals surface area contributed by atoms with Gasteiger partial charge in [-0.25, -0.2) is 4.98 Å². The fourth-order valence-electron chi connectivity index (χ4n) is 2.04. The first-order valence-electron chi connectivity index (χ1n) is 7.12. The fourth-order valence-corrected chi connectivity index (χ4v) is 4.31. The summed E-state index contributed by atoms with van der Waals surface area (Å²) in [5.74, 6) is -0.0973. The molecule has 2 aromatic carbocycles. The lowest BCUT2D eigenvalue weighted by Gasteiger charge is -2.05. The van der Waals surface area contributed by atoms with Crippen LogP contribution < -0.4 is 4.18 Å². The molecule has 1 aromatic heterocycles. The summed E-state index contributed by atoms with van der Waals surface area (Å²) >= 11 is 4.57. The van der Waals surface area contributed by atoms with Crippen LogP contribution in [0.2, 0.25) is 0 Å². The lowest BCUT2D eigenvalue weighted by Crippen LogP contribution is -2.10. The van der Waals surface area contributed by atoms with Crippen LogP contribution in [-0.4, -0.2) is 19.2 Å². The van der Waals surface area contributed by atoms with Crippen molar-refractivity contribution >= 4 is 43.2 Å². The van der Waals surface area contributed by atoms with E-state index in [1.807, 2.05) is 24.3 Å². The number of thiazole rings is 1. The Labute approximate surface area is 157 Å². The number of nitrogens with zero attached hydrogens (tertiary/aromatic N) is 1. The Morgan fingerprint density at radius 3 is 2.56 bits per heavy atom. The molecule has 0 fully saturated rings. The molecule has 0 N–H and O–H groups in total. The van der Waals surface area contributed by atoms with Crippen molar-refractivity contribution in [3.63, 3.8) is 0 Å². The average Bonchev–Trinajstić information content (AvgIpc) is 3.06. The molecule has 3 aromatic rings. The molecule has 0 atom stereocenters. The van der Waals surface area contributed by atoms with E-state index in [0.717, 1.165) is 10.0 Å². The number of hydrogen-bond donors (Lipinski definition) is 0. The number of rotatable bonds is 5. The maximum absolute atomic E-state index is 12.4. The van der Waals surface area contributed by atoms with Gasteiger partial charge in [0.1, 0.15) is 10.8 Å². The van der Waals surface area contributed by atoms with Crippen molar-refractivity contribution in [1.82, 2.24) is 4.98 Å². The Hall–Kier alpha value is -2.03. The molecule has 0 saturated heterocycles. The third-order valence-corrected chi connectivity index (χ3v) is 5.98. The largest absolute Gasteiger partial charge is 0.378 e. The molecule has 0 spiro atoms. The average molecular weight is 438 g/mol. The normalized spacial score (nSPS) is 11.3. The van der Waals surface area contributed by atoms with Crippen LogP contribution in [0.3, 0.4) is 0 Å². The summed E-state index contributed by atoms with van der Waals surface area (Å²) in [5.41, 5.74) is 1.19. The van der Waals surface area contributed by atoms with Gasteiger partial charge in [0.15, 0.2) is 5.78 Å². The Morgan fingerprint density at radius 2 is 1.88 bits per heavy atom. The number of hydrogen-bond acceptors (Lipinski definition) is 6. The second-order valence-corrected chi connectivity index (χ2v) is 8.39. The maximum Gasteiger partial charge on any atom is 0.357 e. The molecule has 0 radical (unpaired) electrons. The summed E-state index contributed by atoms with van der Waals surface area (Å²) in [6.45, 7) is 1.40. The van der Waals surface area contributed by atoms with Gasteiger partial charge in [-0.3, -0.25) is 4.79 Å². The Bertz CT molecular complexity index is 1030. The number of benzene rings is 2. The van der Waals surface area contributed by atoms with Crippen molar-refractivity contribution in [1.29, 1.82) is 0 Å². The zero-order valence-electron chi connectivity index (χ0n) is 13.0. The van der Waals surface area contributed by atoms with Gasteiger partial charge < -0.3 is 4.18 Å². The van der Waals surface area contributed by atoms with Gasteiger partial charge in [0, 0.05) is 21.0 Å². The van der Waals surface area contributed by atoms with E-state index < -0.39 is 10.1 Å². The van der Waals surface area contributed by atoms with E-state index in [1.165, 1.54) is 35.8 Å². The molecule has 5 nitrogen and oxygen atoms in total.